The van der Waals surface area contributed by atoms with Crippen LogP contribution in [-0.2, 0) is 14.8 Å². The smallest absolute Gasteiger partial charge is 0.389 e. The number of hydrogen-bond acceptors (Lipinski definition) is 4. The Morgan fingerprint density at radius 3 is 2.56 bits per heavy atom. The van der Waals surface area contributed by atoms with Crippen LogP contribution in [0.2, 0.25) is 0 Å². The molecule has 1 aromatic rings. The number of halogens is 3. The normalized spacial score (nSPS) is 18.4. The van der Waals surface area contributed by atoms with Gasteiger partial charge in [0.05, 0.1) is 18.4 Å². The van der Waals surface area contributed by atoms with Crippen LogP contribution < -0.4 is 9.46 Å². The zero-order valence-corrected chi connectivity index (χ0v) is 15.8. The van der Waals surface area contributed by atoms with Crippen molar-refractivity contribution in [3.8, 4) is 5.75 Å². The molecule has 0 aromatic heterocycles. The first kappa shape index (κ1) is 21.5. The Morgan fingerprint density at radius 1 is 1.30 bits per heavy atom. The molecule has 1 aliphatic heterocycles. The summed E-state index contributed by atoms with van der Waals surface area (Å²) in [5.74, 6) is -0.147. The quantitative estimate of drug-likeness (QED) is 0.752. The molecular formula is C17H23F3N2O4S. The fraction of sp³-hybridized carbons (Fsp3) is 0.588. The number of amides is 1. The molecule has 1 aliphatic rings. The lowest BCUT2D eigenvalue weighted by Gasteiger charge is -2.33. The van der Waals surface area contributed by atoms with Crippen LogP contribution in [0.4, 0.5) is 13.2 Å². The van der Waals surface area contributed by atoms with E-state index in [0.29, 0.717) is 25.1 Å². The molecule has 1 aromatic carbocycles. The van der Waals surface area contributed by atoms with Gasteiger partial charge in [0.15, 0.2) is 0 Å². The van der Waals surface area contributed by atoms with Crippen molar-refractivity contribution < 1.29 is 31.1 Å². The Bertz CT molecular complexity index is 736. The number of hydrogen-bond donors (Lipinski definition) is 1. The Kier molecular flexibility index (Phi) is 7.10. The van der Waals surface area contributed by atoms with Gasteiger partial charge in [0.25, 0.3) is 0 Å². The van der Waals surface area contributed by atoms with Gasteiger partial charge in [-0.05, 0) is 43.0 Å². The van der Waals surface area contributed by atoms with E-state index in [-0.39, 0.29) is 23.9 Å². The van der Waals surface area contributed by atoms with Crippen molar-refractivity contribution in [2.45, 2.75) is 36.8 Å². The average molecular weight is 408 g/mol. The molecule has 0 radical (unpaired) electrons. The Morgan fingerprint density at radius 2 is 1.96 bits per heavy atom. The molecule has 1 saturated heterocycles. The minimum atomic E-state index is -4.36. The molecule has 1 N–H and O–H groups in total. The minimum Gasteiger partial charge on any atom is -0.497 e. The fourth-order valence-corrected chi connectivity index (χ4v) is 4.05. The van der Waals surface area contributed by atoms with E-state index in [1.165, 1.54) is 36.3 Å². The van der Waals surface area contributed by atoms with Crippen molar-refractivity contribution in [2.75, 3.05) is 26.7 Å². The summed E-state index contributed by atoms with van der Waals surface area (Å²) in [6.07, 6.45) is -4.75. The molecule has 2 rings (SSSR count). The maximum absolute atomic E-state index is 12.3. The third kappa shape index (κ3) is 6.69. The van der Waals surface area contributed by atoms with E-state index in [2.05, 4.69) is 4.72 Å². The maximum Gasteiger partial charge on any atom is 0.389 e. The Labute approximate surface area is 156 Å². The molecule has 0 aliphatic carbocycles. The number of alkyl halides is 3. The Hall–Kier alpha value is -1.81. The standard InChI is InChI=1S/C17H23F3N2O4S/c1-26-14-4-6-15(7-5-14)27(24,25)21-11-13-3-2-10-22(12-13)16(23)8-9-17(18,19)20/h4-7,13,21H,2-3,8-12H2,1H3. The number of nitrogens with zero attached hydrogens (tertiary/aromatic N) is 1. The summed E-state index contributed by atoms with van der Waals surface area (Å²) in [6, 6.07) is 5.93. The third-order valence-electron chi connectivity index (χ3n) is 4.43. The first-order chi connectivity index (χ1) is 12.6. The number of sulfonamides is 1. The van der Waals surface area contributed by atoms with Crippen LogP contribution in [0.3, 0.4) is 0 Å². The molecular weight excluding hydrogens is 385 g/mol. The minimum absolute atomic E-state index is 0.0946. The average Bonchev–Trinajstić information content (AvgIpc) is 2.64. The lowest BCUT2D eigenvalue weighted by molar-refractivity contribution is -0.150. The summed E-state index contributed by atoms with van der Waals surface area (Å²) in [7, 11) is -2.23. The lowest BCUT2D eigenvalue weighted by Crippen LogP contribution is -2.43. The number of carbonyl (C=O) groups excluding carboxylic acids is 1. The van der Waals surface area contributed by atoms with Gasteiger partial charge in [0.2, 0.25) is 15.9 Å². The Balaban J connectivity index is 1.88. The molecule has 27 heavy (non-hydrogen) atoms. The van der Waals surface area contributed by atoms with Crippen LogP contribution in [0.1, 0.15) is 25.7 Å². The number of nitrogens with one attached hydrogen (secondary N) is 1. The van der Waals surface area contributed by atoms with Crippen molar-refractivity contribution in [3.63, 3.8) is 0 Å². The van der Waals surface area contributed by atoms with E-state index < -0.39 is 34.9 Å². The van der Waals surface area contributed by atoms with Gasteiger partial charge in [-0.2, -0.15) is 13.2 Å². The second-order valence-electron chi connectivity index (χ2n) is 6.49. The predicted octanol–water partition coefficient (Wildman–Crippen LogP) is 2.55. The summed E-state index contributed by atoms with van der Waals surface area (Å²) in [4.78, 5) is 13.4. The highest BCUT2D eigenvalue weighted by atomic mass is 32.2. The molecule has 1 fully saturated rings. The van der Waals surface area contributed by atoms with E-state index >= 15 is 0 Å². The molecule has 1 amide bonds. The molecule has 0 bridgehead atoms. The fourth-order valence-electron chi connectivity index (χ4n) is 2.93. The number of rotatable bonds is 7. The summed E-state index contributed by atoms with van der Waals surface area (Å²) in [5.41, 5.74) is 0. The van der Waals surface area contributed by atoms with Crippen LogP contribution in [0.25, 0.3) is 0 Å². The van der Waals surface area contributed by atoms with Crippen LogP contribution in [0, 0.1) is 5.92 Å². The molecule has 1 atom stereocenters. The van der Waals surface area contributed by atoms with E-state index in [4.69, 9.17) is 4.74 Å². The molecule has 10 heteroatoms. The topological polar surface area (TPSA) is 75.7 Å². The van der Waals surface area contributed by atoms with Gasteiger partial charge in [-0.15, -0.1) is 0 Å². The second kappa shape index (κ2) is 8.92. The van der Waals surface area contributed by atoms with Crippen molar-refractivity contribution in [1.82, 2.24) is 9.62 Å². The van der Waals surface area contributed by atoms with Gasteiger partial charge < -0.3 is 9.64 Å². The SMILES string of the molecule is COc1ccc(S(=O)(=O)NCC2CCCN(C(=O)CCC(F)(F)F)C2)cc1. The maximum atomic E-state index is 12.3. The van der Waals surface area contributed by atoms with Crippen LogP contribution >= 0.6 is 0 Å². The van der Waals surface area contributed by atoms with Gasteiger partial charge in [-0.25, -0.2) is 13.1 Å². The van der Waals surface area contributed by atoms with E-state index in [1.54, 1.807) is 0 Å². The zero-order valence-electron chi connectivity index (χ0n) is 15.0. The summed E-state index contributed by atoms with van der Waals surface area (Å²) in [5, 5.41) is 0. The molecule has 1 heterocycles. The first-order valence-electron chi connectivity index (χ1n) is 8.59. The monoisotopic (exact) mass is 408 g/mol. The third-order valence-corrected chi connectivity index (χ3v) is 5.87. The van der Waals surface area contributed by atoms with Crippen LogP contribution in [0.5, 0.6) is 5.75 Å². The summed E-state index contributed by atoms with van der Waals surface area (Å²) in [6.45, 7) is 0.775. The van der Waals surface area contributed by atoms with Crippen molar-refractivity contribution in [2.24, 2.45) is 5.92 Å². The van der Waals surface area contributed by atoms with Gasteiger partial charge in [-0.3, -0.25) is 4.79 Å². The van der Waals surface area contributed by atoms with Gasteiger partial charge in [-0.1, -0.05) is 0 Å². The lowest BCUT2D eigenvalue weighted by atomic mass is 9.98. The number of ether oxygens (including phenoxy) is 1. The molecule has 0 spiro atoms. The zero-order chi connectivity index (χ0) is 20.1. The van der Waals surface area contributed by atoms with Gasteiger partial charge in [0.1, 0.15) is 5.75 Å². The van der Waals surface area contributed by atoms with Crippen molar-refractivity contribution in [1.29, 1.82) is 0 Å². The van der Waals surface area contributed by atoms with E-state index in [1.807, 2.05) is 0 Å². The van der Waals surface area contributed by atoms with Crippen LogP contribution in [0.15, 0.2) is 29.2 Å². The summed E-state index contributed by atoms with van der Waals surface area (Å²) >= 11 is 0. The van der Waals surface area contributed by atoms with Gasteiger partial charge >= 0.3 is 6.18 Å². The van der Waals surface area contributed by atoms with Crippen LogP contribution in [-0.4, -0.2) is 52.1 Å². The number of piperidine rings is 1. The number of benzene rings is 1. The molecule has 1 unspecified atom stereocenters. The second-order valence-corrected chi connectivity index (χ2v) is 8.26. The molecule has 6 nitrogen and oxygen atoms in total. The highest BCUT2D eigenvalue weighted by Crippen LogP contribution is 2.24. The molecule has 0 saturated carbocycles. The summed E-state index contributed by atoms with van der Waals surface area (Å²) < 4.78 is 69.0. The predicted molar refractivity (Wildman–Crippen MR) is 92.8 cm³/mol. The van der Waals surface area contributed by atoms with Crippen molar-refractivity contribution in [3.05, 3.63) is 24.3 Å². The van der Waals surface area contributed by atoms with E-state index in [9.17, 15) is 26.4 Å². The largest absolute Gasteiger partial charge is 0.497 e. The molecule has 152 valence electrons. The highest BCUT2D eigenvalue weighted by Gasteiger charge is 2.31. The number of likely N-dealkylation sites (tertiary alicyclic amines) is 1. The van der Waals surface area contributed by atoms with Gasteiger partial charge in [0, 0.05) is 26.1 Å². The number of methoxy groups -OCH3 is 1. The first-order valence-corrected chi connectivity index (χ1v) is 10.1. The highest BCUT2D eigenvalue weighted by molar-refractivity contribution is 7.89. The number of carbonyl (C=O) groups is 1. The van der Waals surface area contributed by atoms with E-state index in [0.717, 1.165) is 0 Å². The van der Waals surface area contributed by atoms with Crippen molar-refractivity contribution >= 4 is 15.9 Å².